The van der Waals surface area contributed by atoms with E-state index in [0.717, 1.165) is 28.6 Å². The van der Waals surface area contributed by atoms with Crippen LogP contribution in [0, 0.1) is 6.92 Å². The molecule has 25 heavy (non-hydrogen) atoms. The highest BCUT2D eigenvalue weighted by Crippen LogP contribution is 2.25. The van der Waals surface area contributed by atoms with Crippen LogP contribution in [0.1, 0.15) is 45.8 Å². The first-order valence-electron chi connectivity index (χ1n) is 8.22. The van der Waals surface area contributed by atoms with E-state index in [1.165, 1.54) is 6.92 Å². The molecule has 0 spiro atoms. The van der Waals surface area contributed by atoms with Crippen molar-refractivity contribution in [3.63, 3.8) is 0 Å². The number of aryl methyl sites for hydroxylation is 1. The van der Waals surface area contributed by atoms with Crippen LogP contribution in [0.3, 0.4) is 0 Å². The first-order chi connectivity index (χ1) is 12.0. The zero-order valence-corrected chi connectivity index (χ0v) is 14.5. The molecule has 0 aliphatic heterocycles. The molecule has 0 radical (unpaired) electrons. The van der Waals surface area contributed by atoms with E-state index in [9.17, 15) is 9.59 Å². The Morgan fingerprint density at radius 3 is 2.36 bits per heavy atom. The fourth-order valence-corrected chi connectivity index (χ4v) is 2.88. The molecule has 0 aliphatic carbocycles. The lowest BCUT2D eigenvalue weighted by Gasteiger charge is -2.13. The molecule has 0 saturated heterocycles. The molecule has 3 rings (SSSR count). The molecule has 0 saturated carbocycles. The van der Waals surface area contributed by atoms with Crippen LogP contribution in [0.4, 0.5) is 0 Å². The summed E-state index contributed by atoms with van der Waals surface area (Å²) in [5.41, 5.74) is 3.63. The quantitative estimate of drug-likeness (QED) is 0.400. The molecule has 0 fully saturated rings. The van der Waals surface area contributed by atoms with E-state index in [-0.39, 0.29) is 5.78 Å². The van der Waals surface area contributed by atoms with Gasteiger partial charge in [0.2, 0.25) is 0 Å². The van der Waals surface area contributed by atoms with Gasteiger partial charge in [0, 0.05) is 16.6 Å². The first kappa shape index (κ1) is 16.8. The monoisotopic (exact) mass is 333 g/mol. The topological polar surface area (TPSA) is 56.3 Å². The summed E-state index contributed by atoms with van der Waals surface area (Å²) in [5.74, 6) is -0.0313. The highest BCUT2D eigenvalue weighted by atomic mass is 16.5. The molecule has 0 N–H and O–H groups in total. The minimum atomic E-state index is -0.415. The smallest absolute Gasteiger partial charge is 0.344 e. The number of hydrogen-bond acceptors (Lipinski definition) is 4. The van der Waals surface area contributed by atoms with Crippen molar-refractivity contribution < 1.29 is 14.3 Å². The number of benzene rings is 2. The Morgan fingerprint density at radius 1 is 1.04 bits per heavy atom. The summed E-state index contributed by atoms with van der Waals surface area (Å²) < 4.78 is 5.55. The van der Waals surface area contributed by atoms with E-state index in [4.69, 9.17) is 4.74 Å². The van der Waals surface area contributed by atoms with Crippen molar-refractivity contribution in [2.75, 3.05) is 0 Å². The van der Waals surface area contributed by atoms with Crippen LogP contribution >= 0.6 is 0 Å². The van der Waals surface area contributed by atoms with E-state index in [1.807, 2.05) is 38.1 Å². The molecule has 4 heteroatoms. The highest BCUT2D eigenvalue weighted by molar-refractivity contribution is 6.05. The van der Waals surface area contributed by atoms with Crippen LogP contribution in [-0.2, 0) is 6.42 Å². The van der Waals surface area contributed by atoms with Crippen molar-refractivity contribution in [2.45, 2.75) is 27.2 Å². The maximum Gasteiger partial charge on any atom is 0.344 e. The van der Waals surface area contributed by atoms with Crippen molar-refractivity contribution >= 4 is 22.7 Å². The molecule has 0 amide bonds. The van der Waals surface area contributed by atoms with Crippen LogP contribution < -0.4 is 4.74 Å². The summed E-state index contributed by atoms with van der Waals surface area (Å²) in [7, 11) is 0. The van der Waals surface area contributed by atoms with Gasteiger partial charge in [-0.2, -0.15) is 0 Å². The van der Waals surface area contributed by atoms with E-state index in [0.29, 0.717) is 16.9 Å². The molecule has 3 aromatic rings. The number of para-hydroxylation sites is 1. The van der Waals surface area contributed by atoms with Gasteiger partial charge in [0.25, 0.3) is 0 Å². The van der Waals surface area contributed by atoms with Gasteiger partial charge in [-0.15, -0.1) is 0 Å². The average molecular weight is 333 g/mol. The molecule has 0 bridgehead atoms. The van der Waals surface area contributed by atoms with Crippen molar-refractivity contribution in [1.29, 1.82) is 0 Å². The number of nitrogens with zero attached hydrogens (tertiary/aromatic N) is 1. The normalized spacial score (nSPS) is 10.7. The molecule has 0 aliphatic rings. The molecule has 2 aromatic carbocycles. The third-order valence-electron chi connectivity index (χ3n) is 4.25. The average Bonchev–Trinajstić information content (AvgIpc) is 2.61. The second-order valence-corrected chi connectivity index (χ2v) is 5.90. The zero-order chi connectivity index (χ0) is 18.0. The Balaban J connectivity index is 2.01. The maximum absolute atomic E-state index is 12.8. The minimum absolute atomic E-state index is 0.0264. The summed E-state index contributed by atoms with van der Waals surface area (Å²) in [6.07, 6.45) is 0.740. The lowest BCUT2D eigenvalue weighted by molar-refractivity contribution is 0.0736. The van der Waals surface area contributed by atoms with Gasteiger partial charge in [-0.1, -0.05) is 25.1 Å². The Labute approximate surface area is 146 Å². The predicted octanol–water partition coefficient (Wildman–Crippen LogP) is 4.53. The molecule has 1 heterocycles. The Hall–Kier alpha value is -3.01. The molecular weight excluding hydrogens is 314 g/mol. The second-order valence-electron chi connectivity index (χ2n) is 5.90. The zero-order valence-electron chi connectivity index (χ0n) is 14.5. The van der Waals surface area contributed by atoms with E-state index >= 15 is 0 Å². The lowest BCUT2D eigenvalue weighted by Crippen LogP contribution is -2.13. The number of Topliss-reactive ketones (excluding diaryl/α,β-unsaturated/α-hetero) is 1. The number of ketones is 1. The largest absolute Gasteiger partial charge is 0.423 e. The fraction of sp³-hybridized carbons (Fsp3) is 0.190. The number of fused-ring (bicyclic) bond motifs is 1. The van der Waals surface area contributed by atoms with Crippen LogP contribution in [0.5, 0.6) is 5.75 Å². The molecule has 1 aromatic heterocycles. The maximum atomic E-state index is 12.8. The van der Waals surface area contributed by atoms with Gasteiger partial charge in [0.1, 0.15) is 5.75 Å². The molecule has 0 unspecified atom stereocenters. The van der Waals surface area contributed by atoms with Crippen molar-refractivity contribution in [3.8, 4) is 5.75 Å². The second kappa shape index (κ2) is 6.85. The predicted molar refractivity (Wildman–Crippen MR) is 97.3 cm³/mol. The van der Waals surface area contributed by atoms with Gasteiger partial charge < -0.3 is 4.74 Å². The van der Waals surface area contributed by atoms with Gasteiger partial charge >= 0.3 is 5.97 Å². The van der Waals surface area contributed by atoms with Crippen LogP contribution in [0.2, 0.25) is 0 Å². The van der Waals surface area contributed by atoms with Crippen LogP contribution in [0.25, 0.3) is 10.9 Å². The van der Waals surface area contributed by atoms with Crippen molar-refractivity contribution in [3.05, 3.63) is 70.9 Å². The number of pyridine rings is 1. The van der Waals surface area contributed by atoms with Crippen LogP contribution in [-0.4, -0.2) is 16.7 Å². The number of hydrogen-bond donors (Lipinski definition) is 0. The Bertz CT molecular complexity index is 959. The summed E-state index contributed by atoms with van der Waals surface area (Å²) in [6.45, 7) is 5.41. The summed E-state index contributed by atoms with van der Waals surface area (Å²) in [6, 6.07) is 14.1. The molecule has 126 valence electrons. The van der Waals surface area contributed by atoms with Crippen molar-refractivity contribution in [2.24, 2.45) is 0 Å². The Kier molecular flexibility index (Phi) is 4.61. The standard InChI is InChI=1S/C21H19NO3/c1-4-18-13(2)20(17-7-5-6-8-19(17)22-18)21(24)25-16-11-9-15(10-12-16)14(3)23/h5-12H,4H2,1-3H3. The first-order valence-corrected chi connectivity index (χ1v) is 8.22. The number of carbonyl (C=O) groups is 2. The van der Waals surface area contributed by atoms with Crippen molar-refractivity contribution in [1.82, 2.24) is 4.98 Å². The fourth-order valence-electron chi connectivity index (χ4n) is 2.88. The third-order valence-corrected chi connectivity index (χ3v) is 4.25. The number of esters is 1. The van der Waals surface area contributed by atoms with Gasteiger partial charge in [-0.05, 0) is 56.2 Å². The van der Waals surface area contributed by atoms with Gasteiger partial charge in [0.05, 0.1) is 11.1 Å². The van der Waals surface area contributed by atoms with E-state index in [2.05, 4.69) is 4.98 Å². The number of aromatic nitrogens is 1. The number of ether oxygens (including phenoxy) is 1. The van der Waals surface area contributed by atoms with Gasteiger partial charge in [-0.25, -0.2) is 4.79 Å². The number of carbonyl (C=O) groups excluding carboxylic acids is 2. The summed E-state index contributed by atoms with van der Waals surface area (Å²) >= 11 is 0. The third kappa shape index (κ3) is 3.29. The molecule has 4 nitrogen and oxygen atoms in total. The lowest BCUT2D eigenvalue weighted by atomic mass is 10.0. The number of rotatable bonds is 4. The minimum Gasteiger partial charge on any atom is -0.423 e. The highest BCUT2D eigenvalue weighted by Gasteiger charge is 2.19. The summed E-state index contributed by atoms with van der Waals surface area (Å²) in [5, 5.41) is 0.780. The molecule has 0 atom stereocenters. The summed E-state index contributed by atoms with van der Waals surface area (Å²) in [4.78, 5) is 28.8. The molecular formula is C21H19NO3. The Morgan fingerprint density at radius 2 is 1.72 bits per heavy atom. The van der Waals surface area contributed by atoms with Crippen LogP contribution in [0.15, 0.2) is 48.5 Å². The SMILES string of the molecule is CCc1nc2ccccc2c(C(=O)Oc2ccc(C(C)=O)cc2)c1C. The van der Waals surface area contributed by atoms with E-state index < -0.39 is 5.97 Å². The van der Waals surface area contributed by atoms with Gasteiger partial charge in [-0.3, -0.25) is 9.78 Å². The van der Waals surface area contributed by atoms with Gasteiger partial charge in [0.15, 0.2) is 5.78 Å². The van der Waals surface area contributed by atoms with E-state index in [1.54, 1.807) is 24.3 Å².